The molecule has 0 saturated carbocycles. The van der Waals surface area contributed by atoms with E-state index in [0.29, 0.717) is 40.4 Å². The van der Waals surface area contributed by atoms with Crippen molar-refractivity contribution < 1.29 is 24.4 Å². The van der Waals surface area contributed by atoms with Gasteiger partial charge in [0.2, 0.25) is 0 Å². The molecule has 6 rings (SSSR count). The summed E-state index contributed by atoms with van der Waals surface area (Å²) < 4.78 is 17.2. The van der Waals surface area contributed by atoms with Crippen LogP contribution in [0.3, 0.4) is 0 Å². The average molecular weight is 487 g/mol. The molecule has 9 nitrogen and oxygen atoms in total. The number of halogens is 1. The van der Waals surface area contributed by atoms with Gasteiger partial charge in [-0.25, -0.2) is 4.98 Å². The Morgan fingerprint density at radius 1 is 1.15 bits per heavy atom. The lowest BCUT2D eigenvalue weighted by Crippen LogP contribution is -2.34. The average Bonchev–Trinajstić information content (AvgIpc) is 3.61. The minimum Gasteiger partial charge on any atom is -0.456 e. The zero-order chi connectivity index (χ0) is 23.2. The molecular weight excluding hydrogens is 460 g/mol. The maximum absolute atomic E-state index is 9.91. The van der Waals surface area contributed by atoms with Crippen LogP contribution in [0.15, 0.2) is 30.3 Å². The number of aromatic amines is 1. The van der Waals surface area contributed by atoms with Crippen LogP contribution in [0.4, 0.5) is 5.69 Å². The zero-order valence-electron chi connectivity index (χ0n) is 18.6. The largest absolute Gasteiger partial charge is 0.456 e. The Morgan fingerprint density at radius 3 is 2.79 bits per heavy atom. The topological polar surface area (TPSA) is 113 Å². The first-order valence-electron chi connectivity index (χ1n) is 11.7. The normalized spacial score (nSPS) is 28.7. The minimum absolute atomic E-state index is 0.246. The van der Waals surface area contributed by atoms with E-state index in [9.17, 15) is 10.2 Å². The second kappa shape index (κ2) is 8.98. The Hall–Kier alpha value is -2.43. The summed E-state index contributed by atoms with van der Waals surface area (Å²) in [6.45, 7) is 2.79. The molecule has 3 aromatic rings. The van der Waals surface area contributed by atoms with Crippen molar-refractivity contribution in [2.75, 3.05) is 37.8 Å². The Balaban J connectivity index is 1.19. The van der Waals surface area contributed by atoms with E-state index in [1.54, 1.807) is 6.07 Å². The van der Waals surface area contributed by atoms with Gasteiger partial charge in [0, 0.05) is 30.9 Å². The quantitative estimate of drug-likeness (QED) is 0.487. The molecule has 3 aliphatic rings. The Labute approximate surface area is 201 Å². The van der Waals surface area contributed by atoms with Gasteiger partial charge in [-0.15, -0.1) is 0 Å². The van der Waals surface area contributed by atoms with Crippen LogP contribution in [0.25, 0.3) is 22.4 Å². The van der Waals surface area contributed by atoms with E-state index in [1.165, 1.54) is 0 Å². The third-order valence-corrected chi connectivity index (χ3v) is 7.27. The molecule has 0 spiro atoms. The first kappa shape index (κ1) is 22.1. The minimum atomic E-state index is -0.629. The summed E-state index contributed by atoms with van der Waals surface area (Å²) in [5.41, 5.74) is 3.91. The van der Waals surface area contributed by atoms with E-state index >= 15 is 0 Å². The molecule has 180 valence electrons. The smallest absolute Gasteiger partial charge is 0.296 e. The number of anilines is 1. The number of aromatic nitrogens is 3. The monoisotopic (exact) mass is 486 g/mol. The number of nitrogens with one attached hydrogen (secondary N) is 1. The van der Waals surface area contributed by atoms with Crippen molar-refractivity contribution in [3.63, 3.8) is 0 Å². The number of fused-ring (bicyclic) bond motifs is 2. The van der Waals surface area contributed by atoms with Gasteiger partial charge in [0.05, 0.1) is 29.4 Å². The first-order chi connectivity index (χ1) is 16.6. The number of rotatable bonds is 6. The number of H-pyrrole nitrogens is 1. The lowest BCUT2D eigenvalue weighted by molar-refractivity contribution is 0.00706. The number of ether oxygens (including phenoxy) is 3. The van der Waals surface area contributed by atoms with E-state index in [1.807, 2.05) is 12.1 Å². The second-order valence-corrected chi connectivity index (χ2v) is 9.62. The van der Waals surface area contributed by atoms with Gasteiger partial charge < -0.3 is 34.3 Å². The maximum atomic E-state index is 9.91. The van der Waals surface area contributed by atoms with E-state index in [2.05, 4.69) is 32.0 Å². The molecule has 0 bridgehead atoms. The van der Waals surface area contributed by atoms with Crippen LogP contribution in [0.2, 0.25) is 5.02 Å². The fraction of sp³-hybridized carbons (Fsp3) is 0.500. The summed E-state index contributed by atoms with van der Waals surface area (Å²) in [6, 6.07) is 10.3. The SMILES string of the molecule is OCCC1CCN(c2ccc(-c3nc4nc(O[C@@H]5COC6[C@H](O)CO[C@@H]65)[nH]c4cc3Cl)cc2)C1. The standard InChI is InChI=1S/C24H27ClN4O5/c25-16-9-17-23(28-24(26-17)34-19-12-33-21-18(31)11-32-22(19)21)27-20(16)14-1-3-15(4-2-14)29-7-5-13(10-29)6-8-30/h1-4,9,13,18-19,21-22,30-31H,5-8,10-12H2,(H,26,27,28)/t13?,18-,19-,21?,22-/m1/s1. The van der Waals surface area contributed by atoms with Crippen LogP contribution in [0.5, 0.6) is 6.01 Å². The summed E-state index contributed by atoms with van der Waals surface area (Å²) in [6.07, 6.45) is 0.301. The van der Waals surface area contributed by atoms with Gasteiger partial charge in [0.1, 0.15) is 18.3 Å². The fourth-order valence-corrected chi connectivity index (χ4v) is 5.42. The number of aliphatic hydroxyl groups is 2. The molecular formula is C24H27ClN4O5. The third-order valence-electron chi connectivity index (χ3n) is 6.98. The second-order valence-electron chi connectivity index (χ2n) is 9.21. The molecule has 34 heavy (non-hydrogen) atoms. The summed E-state index contributed by atoms with van der Waals surface area (Å²) in [5, 5.41) is 19.6. The van der Waals surface area contributed by atoms with Crippen molar-refractivity contribution in [2.45, 2.75) is 37.3 Å². The maximum Gasteiger partial charge on any atom is 0.296 e. The van der Waals surface area contributed by atoms with Crippen LogP contribution in [0, 0.1) is 5.92 Å². The first-order valence-corrected chi connectivity index (χ1v) is 12.1. The molecule has 2 unspecified atom stereocenters. The number of aliphatic hydroxyl groups excluding tert-OH is 2. The van der Waals surface area contributed by atoms with E-state index in [-0.39, 0.29) is 31.5 Å². The van der Waals surface area contributed by atoms with Gasteiger partial charge in [-0.05, 0) is 37.0 Å². The van der Waals surface area contributed by atoms with Gasteiger partial charge >= 0.3 is 0 Å². The Bertz CT molecular complexity index is 1170. The van der Waals surface area contributed by atoms with Crippen LogP contribution in [-0.2, 0) is 9.47 Å². The highest BCUT2D eigenvalue weighted by molar-refractivity contribution is 6.33. The zero-order valence-corrected chi connectivity index (χ0v) is 19.3. The van der Waals surface area contributed by atoms with Gasteiger partial charge in [-0.2, -0.15) is 4.98 Å². The molecule has 3 fully saturated rings. The number of hydrogen-bond donors (Lipinski definition) is 3. The molecule has 3 saturated heterocycles. The summed E-state index contributed by atoms with van der Waals surface area (Å²) in [7, 11) is 0. The van der Waals surface area contributed by atoms with Gasteiger partial charge in [0.25, 0.3) is 6.01 Å². The molecule has 0 radical (unpaired) electrons. The van der Waals surface area contributed by atoms with Crippen LogP contribution in [-0.4, -0.2) is 82.5 Å². The highest BCUT2D eigenvalue weighted by Gasteiger charge is 2.48. The Morgan fingerprint density at radius 2 is 1.97 bits per heavy atom. The highest BCUT2D eigenvalue weighted by Crippen LogP contribution is 2.33. The fourth-order valence-electron chi connectivity index (χ4n) is 5.16. The summed E-state index contributed by atoms with van der Waals surface area (Å²) in [4.78, 5) is 14.6. The summed E-state index contributed by atoms with van der Waals surface area (Å²) in [5.74, 6) is 0.547. The van der Waals surface area contributed by atoms with Crippen molar-refractivity contribution in [1.82, 2.24) is 15.0 Å². The molecule has 3 N–H and O–H groups in total. The predicted octanol–water partition coefficient (Wildman–Crippen LogP) is 2.39. The van der Waals surface area contributed by atoms with Gasteiger partial charge in [-0.1, -0.05) is 23.7 Å². The van der Waals surface area contributed by atoms with Crippen LogP contribution < -0.4 is 9.64 Å². The lowest BCUT2D eigenvalue weighted by Gasteiger charge is -2.19. The van der Waals surface area contributed by atoms with Gasteiger partial charge in [0.15, 0.2) is 11.8 Å². The molecule has 0 aliphatic carbocycles. The Kier molecular flexibility index (Phi) is 5.82. The molecule has 0 amide bonds. The molecule has 5 heterocycles. The number of imidazole rings is 1. The van der Waals surface area contributed by atoms with Crippen molar-refractivity contribution in [2.24, 2.45) is 5.92 Å². The van der Waals surface area contributed by atoms with Crippen molar-refractivity contribution in [3.05, 3.63) is 35.4 Å². The molecule has 1 aromatic carbocycles. The lowest BCUT2D eigenvalue weighted by atomic mass is 10.1. The van der Waals surface area contributed by atoms with E-state index in [0.717, 1.165) is 37.2 Å². The van der Waals surface area contributed by atoms with Crippen LogP contribution >= 0.6 is 11.6 Å². The van der Waals surface area contributed by atoms with Crippen molar-refractivity contribution in [1.29, 1.82) is 0 Å². The summed E-state index contributed by atoms with van der Waals surface area (Å²) >= 11 is 6.57. The number of hydrogen-bond acceptors (Lipinski definition) is 8. The number of pyridine rings is 1. The van der Waals surface area contributed by atoms with Crippen molar-refractivity contribution >= 4 is 28.5 Å². The highest BCUT2D eigenvalue weighted by atomic mass is 35.5. The molecule has 5 atom stereocenters. The molecule has 3 aliphatic heterocycles. The predicted molar refractivity (Wildman–Crippen MR) is 126 cm³/mol. The molecule has 2 aromatic heterocycles. The third kappa shape index (κ3) is 4.01. The molecule has 10 heteroatoms. The van der Waals surface area contributed by atoms with E-state index < -0.39 is 6.10 Å². The van der Waals surface area contributed by atoms with Crippen molar-refractivity contribution in [3.8, 4) is 17.3 Å². The van der Waals surface area contributed by atoms with E-state index in [4.69, 9.17) is 25.8 Å². The van der Waals surface area contributed by atoms with Gasteiger partial charge in [-0.3, -0.25) is 0 Å². The number of benzene rings is 1. The number of nitrogens with zero attached hydrogens (tertiary/aromatic N) is 3. The van der Waals surface area contributed by atoms with Crippen LogP contribution in [0.1, 0.15) is 12.8 Å².